The predicted molar refractivity (Wildman–Crippen MR) is 70.9 cm³/mol. The molecule has 1 aliphatic rings. The SMILES string of the molecule is C=C(C)CSSCCC1CCCCC1. The minimum absolute atomic E-state index is 1.04. The van der Waals surface area contributed by atoms with E-state index in [1.54, 1.807) is 0 Å². The van der Waals surface area contributed by atoms with Gasteiger partial charge in [-0.25, -0.2) is 0 Å². The molecule has 1 aliphatic carbocycles. The van der Waals surface area contributed by atoms with Crippen LogP contribution < -0.4 is 0 Å². The van der Waals surface area contributed by atoms with E-state index in [-0.39, 0.29) is 0 Å². The van der Waals surface area contributed by atoms with Crippen LogP contribution in [0, 0.1) is 5.92 Å². The second kappa shape index (κ2) is 7.70. The molecule has 0 atom stereocenters. The van der Waals surface area contributed by atoms with Crippen molar-refractivity contribution in [3.63, 3.8) is 0 Å². The molecule has 0 saturated heterocycles. The summed E-state index contributed by atoms with van der Waals surface area (Å²) >= 11 is 0. The highest BCUT2D eigenvalue weighted by Gasteiger charge is 2.12. The smallest absolute Gasteiger partial charge is 0.0242 e. The van der Waals surface area contributed by atoms with E-state index >= 15 is 0 Å². The second-order valence-electron chi connectivity index (χ2n) is 4.33. The van der Waals surface area contributed by atoms with E-state index in [2.05, 4.69) is 13.5 Å². The number of hydrogen-bond donors (Lipinski definition) is 0. The molecule has 0 unspecified atom stereocenters. The van der Waals surface area contributed by atoms with Gasteiger partial charge in [0.15, 0.2) is 0 Å². The molecule has 0 aliphatic heterocycles. The maximum Gasteiger partial charge on any atom is 0.0242 e. The first-order valence-corrected chi connectivity index (χ1v) is 8.16. The van der Waals surface area contributed by atoms with Gasteiger partial charge in [-0.2, -0.15) is 0 Å². The van der Waals surface area contributed by atoms with E-state index < -0.39 is 0 Å². The molecule has 82 valence electrons. The molecular weight excluding hydrogens is 208 g/mol. The zero-order valence-corrected chi connectivity index (χ0v) is 10.9. The van der Waals surface area contributed by atoms with Gasteiger partial charge in [0.1, 0.15) is 0 Å². The highest BCUT2D eigenvalue weighted by atomic mass is 33.1. The lowest BCUT2D eigenvalue weighted by molar-refractivity contribution is 0.352. The predicted octanol–water partition coefficient (Wildman–Crippen LogP) is 4.91. The first-order chi connectivity index (χ1) is 6.79. The van der Waals surface area contributed by atoms with E-state index in [0.717, 1.165) is 11.7 Å². The minimum Gasteiger partial charge on any atom is -0.0993 e. The fraction of sp³-hybridized carbons (Fsp3) is 0.833. The Hall–Kier alpha value is 0.440. The molecular formula is C12H22S2. The van der Waals surface area contributed by atoms with E-state index in [1.807, 2.05) is 21.6 Å². The average molecular weight is 230 g/mol. The molecule has 1 saturated carbocycles. The topological polar surface area (TPSA) is 0 Å². The molecule has 0 amide bonds. The lowest BCUT2D eigenvalue weighted by atomic mass is 9.88. The molecule has 14 heavy (non-hydrogen) atoms. The van der Waals surface area contributed by atoms with E-state index in [0.29, 0.717) is 0 Å². The number of hydrogen-bond acceptors (Lipinski definition) is 2. The van der Waals surface area contributed by atoms with Gasteiger partial charge >= 0.3 is 0 Å². The summed E-state index contributed by atoms with van der Waals surface area (Å²) < 4.78 is 0. The van der Waals surface area contributed by atoms with Crippen LogP contribution in [-0.4, -0.2) is 11.5 Å². The van der Waals surface area contributed by atoms with E-state index in [1.165, 1.54) is 49.9 Å². The summed E-state index contributed by atoms with van der Waals surface area (Å²) in [5.74, 6) is 3.50. The average Bonchev–Trinajstić information content (AvgIpc) is 2.18. The van der Waals surface area contributed by atoms with Gasteiger partial charge in [0.2, 0.25) is 0 Å². The molecule has 0 aromatic carbocycles. The summed E-state index contributed by atoms with van der Waals surface area (Å²) in [7, 11) is 4.00. The molecule has 0 spiro atoms. The Bertz CT molecular complexity index is 160. The lowest BCUT2D eigenvalue weighted by Crippen LogP contribution is -2.06. The Balaban J connectivity index is 1.90. The summed E-state index contributed by atoms with van der Waals surface area (Å²) in [6, 6.07) is 0. The standard InChI is InChI=1S/C12H22S2/c1-11(2)10-14-13-9-8-12-6-4-3-5-7-12/h12H,1,3-10H2,2H3. The van der Waals surface area contributed by atoms with Crippen LogP contribution in [0.5, 0.6) is 0 Å². The van der Waals surface area contributed by atoms with Crippen molar-refractivity contribution >= 4 is 21.6 Å². The van der Waals surface area contributed by atoms with Gasteiger partial charge in [-0.05, 0) is 19.3 Å². The first-order valence-electron chi connectivity index (χ1n) is 5.68. The normalized spacial score (nSPS) is 18.4. The third-order valence-corrected chi connectivity index (χ3v) is 5.26. The van der Waals surface area contributed by atoms with Gasteiger partial charge in [0.05, 0.1) is 0 Å². The van der Waals surface area contributed by atoms with Gasteiger partial charge in [-0.15, -0.1) is 0 Å². The Labute approximate surface area is 96.7 Å². The second-order valence-corrected chi connectivity index (χ2v) is 6.92. The van der Waals surface area contributed by atoms with Gasteiger partial charge in [-0.3, -0.25) is 0 Å². The maximum atomic E-state index is 3.91. The summed E-state index contributed by atoms with van der Waals surface area (Å²) in [5, 5.41) is 0. The molecule has 0 aromatic rings. The molecule has 0 radical (unpaired) electrons. The van der Waals surface area contributed by atoms with Gasteiger partial charge < -0.3 is 0 Å². The Morgan fingerprint density at radius 2 is 1.93 bits per heavy atom. The Morgan fingerprint density at radius 3 is 2.57 bits per heavy atom. The number of rotatable bonds is 6. The van der Waals surface area contributed by atoms with Crippen molar-refractivity contribution in [2.45, 2.75) is 45.4 Å². The van der Waals surface area contributed by atoms with Crippen LogP contribution in [0.4, 0.5) is 0 Å². The molecule has 0 N–H and O–H groups in total. The molecule has 0 nitrogen and oxygen atoms in total. The van der Waals surface area contributed by atoms with Crippen molar-refractivity contribution in [3.05, 3.63) is 12.2 Å². The van der Waals surface area contributed by atoms with Gasteiger partial charge in [0, 0.05) is 11.5 Å². The third kappa shape index (κ3) is 6.02. The zero-order valence-electron chi connectivity index (χ0n) is 9.26. The van der Waals surface area contributed by atoms with Crippen molar-refractivity contribution in [2.75, 3.05) is 11.5 Å². The van der Waals surface area contributed by atoms with Crippen molar-refractivity contribution < 1.29 is 0 Å². The molecule has 0 heterocycles. The van der Waals surface area contributed by atoms with Crippen LogP contribution in [0.2, 0.25) is 0 Å². The van der Waals surface area contributed by atoms with Crippen LogP contribution in [0.25, 0.3) is 0 Å². The molecule has 0 aromatic heterocycles. The molecule has 1 fully saturated rings. The fourth-order valence-corrected chi connectivity index (χ4v) is 4.22. The highest BCUT2D eigenvalue weighted by Crippen LogP contribution is 2.30. The monoisotopic (exact) mass is 230 g/mol. The van der Waals surface area contributed by atoms with Gasteiger partial charge in [-0.1, -0.05) is 65.8 Å². The molecule has 1 rings (SSSR count). The summed E-state index contributed by atoms with van der Waals surface area (Å²) in [5.41, 5.74) is 1.29. The summed E-state index contributed by atoms with van der Waals surface area (Å²) in [4.78, 5) is 0. The quantitative estimate of drug-likeness (QED) is 0.361. The Kier molecular flexibility index (Phi) is 6.88. The van der Waals surface area contributed by atoms with Crippen molar-refractivity contribution in [1.29, 1.82) is 0 Å². The van der Waals surface area contributed by atoms with Crippen molar-refractivity contribution in [2.24, 2.45) is 5.92 Å². The fourth-order valence-electron chi connectivity index (χ4n) is 1.89. The zero-order chi connectivity index (χ0) is 10.2. The van der Waals surface area contributed by atoms with Crippen LogP contribution in [0.1, 0.15) is 45.4 Å². The minimum atomic E-state index is 1.04. The lowest BCUT2D eigenvalue weighted by Gasteiger charge is -2.20. The van der Waals surface area contributed by atoms with Gasteiger partial charge in [0.25, 0.3) is 0 Å². The highest BCUT2D eigenvalue weighted by molar-refractivity contribution is 8.76. The first kappa shape index (κ1) is 12.5. The van der Waals surface area contributed by atoms with E-state index in [4.69, 9.17) is 0 Å². The van der Waals surface area contributed by atoms with E-state index in [9.17, 15) is 0 Å². The Morgan fingerprint density at radius 1 is 1.21 bits per heavy atom. The van der Waals surface area contributed by atoms with Crippen molar-refractivity contribution in [3.8, 4) is 0 Å². The summed E-state index contributed by atoms with van der Waals surface area (Å²) in [6.07, 6.45) is 8.86. The van der Waals surface area contributed by atoms with Crippen LogP contribution in [-0.2, 0) is 0 Å². The molecule has 0 bridgehead atoms. The van der Waals surface area contributed by atoms with Crippen LogP contribution in [0.3, 0.4) is 0 Å². The van der Waals surface area contributed by atoms with Crippen LogP contribution in [0.15, 0.2) is 12.2 Å². The largest absolute Gasteiger partial charge is 0.0993 e. The third-order valence-electron chi connectivity index (χ3n) is 2.72. The summed E-state index contributed by atoms with van der Waals surface area (Å²) in [6.45, 7) is 6.01. The molecule has 2 heteroatoms. The van der Waals surface area contributed by atoms with Crippen molar-refractivity contribution in [1.82, 2.24) is 0 Å². The van der Waals surface area contributed by atoms with Crippen LogP contribution >= 0.6 is 21.6 Å². The maximum absolute atomic E-state index is 3.91.